The molecule has 2 aliphatic rings. The first-order chi connectivity index (χ1) is 28.9. The Balaban J connectivity index is 0.00000176. The Kier molecular flexibility index (Phi) is 12.9. The second-order valence-corrected chi connectivity index (χ2v) is 16.3. The fraction of sp³-hybridized carbons (Fsp3) is 0.372. The molecule has 8 rings (SSSR count). The average Bonchev–Trinajstić information content (AvgIpc) is 4.03. The number of nitrogens with one attached hydrogen (secondary N) is 2. The number of carboxylic acid groups (broad SMARTS) is 1. The van der Waals surface area contributed by atoms with Crippen LogP contribution in [0.5, 0.6) is 11.6 Å². The molecule has 5 N–H and O–H groups in total. The quantitative estimate of drug-likeness (QED) is 0.0908. The molecular weight excluding hydrogens is 789 g/mol. The monoisotopic (exact) mass is 836 g/mol. The first kappa shape index (κ1) is 42.0. The molecule has 314 valence electrons. The molecule has 0 radical (unpaired) electrons. The van der Waals surface area contributed by atoms with Crippen LogP contribution in [0.2, 0.25) is 0 Å². The highest BCUT2D eigenvalue weighted by Crippen LogP contribution is 2.36. The zero-order valence-electron chi connectivity index (χ0n) is 33.7. The van der Waals surface area contributed by atoms with Crippen molar-refractivity contribution in [2.75, 3.05) is 32.8 Å². The molecule has 0 spiro atoms. The summed E-state index contributed by atoms with van der Waals surface area (Å²) >= 11 is 1.59. The predicted octanol–water partition coefficient (Wildman–Crippen LogP) is 5.51. The van der Waals surface area contributed by atoms with E-state index >= 15 is 0 Å². The molecular formula is C43H48N8O8S. The maximum Gasteiger partial charge on any atom is 0.290 e. The van der Waals surface area contributed by atoms with Gasteiger partial charge in [-0.05, 0) is 59.8 Å². The molecule has 0 aliphatic carbocycles. The Morgan fingerprint density at radius 2 is 1.83 bits per heavy atom. The van der Waals surface area contributed by atoms with E-state index in [1.807, 2.05) is 81.9 Å². The van der Waals surface area contributed by atoms with Crippen LogP contribution in [-0.4, -0.2) is 114 Å². The second kappa shape index (κ2) is 18.4. The zero-order valence-corrected chi connectivity index (χ0v) is 34.5. The maximum absolute atomic E-state index is 14.1. The number of carbonyl (C=O) groups is 3. The molecule has 2 fully saturated rings. The van der Waals surface area contributed by atoms with E-state index in [-0.39, 0.29) is 54.8 Å². The van der Waals surface area contributed by atoms with Gasteiger partial charge in [0.1, 0.15) is 24.3 Å². The van der Waals surface area contributed by atoms with E-state index in [0.29, 0.717) is 41.7 Å². The summed E-state index contributed by atoms with van der Waals surface area (Å²) in [5, 5.41) is 44.7. The summed E-state index contributed by atoms with van der Waals surface area (Å²) in [5.74, 6) is -0.415. The van der Waals surface area contributed by atoms with Crippen molar-refractivity contribution in [1.29, 1.82) is 0 Å². The number of hydrogen-bond donors (Lipinski definition) is 5. The number of ether oxygens (including phenoxy) is 1. The van der Waals surface area contributed by atoms with Crippen molar-refractivity contribution in [3.63, 3.8) is 0 Å². The van der Waals surface area contributed by atoms with E-state index in [1.54, 1.807) is 29.5 Å². The van der Waals surface area contributed by atoms with E-state index in [1.165, 1.54) is 4.90 Å². The minimum Gasteiger partial charge on any atom is -0.507 e. The number of likely N-dealkylation sites (tertiary alicyclic amines) is 2. The van der Waals surface area contributed by atoms with E-state index < -0.39 is 18.1 Å². The van der Waals surface area contributed by atoms with Crippen molar-refractivity contribution in [1.82, 2.24) is 40.4 Å². The molecule has 0 bridgehead atoms. The lowest BCUT2D eigenvalue weighted by atomic mass is 9.91. The number of phenols is 1. The van der Waals surface area contributed by atoms with Crippen LogP contribution < -0.4 is 10.1 Å². The Labute approximate surface area is 350 Å². The fourth-order valence-corrected chi connectivity index (χ4v) is 8.74. The highest BCUT2D eigenvalue weighted by molar-refractivity contribution is 7.13. The van der Waals surface area contributed by atoms with Gasteiger partial charge in [-0.2, -0.15) is 0 Å². The Bertz CT molecular complexity index is 2420. The number of rotatable bonds is 13. The number of aryl methyl sites for hydroxylation is 1. The SMILES string of the molecule is Cc1ncsc1-c1ccc([C@H](C)NC(=O)[C@@H]2C[C@@H](O)CN2C(=O)[C@@H](c2cc(OCCN3CC(c4c[nH]c5nnc(-c6ccccc6O)cc45)C3)no2)C(C)C)cc1.O=CO. The van der Waals surface area contributed by atoms with Gasteiger partial charge in [0.15, 0.2) is 11.4 Å². The van der Waals surface area contributed by atoms with Crippen LogP contribution in [0.1, 0.15) is 67.7 Å². The summed E-state index contributed by atoms with van der Waals surface area (Å²) in [7, 11) is 0. The van der Waals surface area contributed by atoms with Gasteiger partial charge in [-0.25, -0.2) is 4.98 Å². The molecule has 4 atom stereocenters. The van der Waals surface area contributed by atoms with E-state index in [0.717, 1.165) is 45.7 Å². The second-order valence-electron chi connectivity index (χ2n) is 15.5. The third-order valence-corrected chi connectivity index (χ3v) is 12.1. The van der Waals surface area contributed by atoms with Crippen molar-refractivity contribution in [3.05, 3.63) is 95.0 Å². The molecule has 17 heteroatoms. The van der Waals surface area contributed by atoms with Crippen LogP contribution in [0.4, 0.5) is 0 Å². The number of thiazole rings is 1. The number of aliphatic hydroxyl groups is 1. The minimum absolute atomic E-state index is 0.0511. The number of aliphatic hydroxyl groups excluding tert-OH is 1. The summed E-state index contributed by atoms with van der Waals surface area (Å²) in [6.07, 6.45) is 1.31. The Morgan fingerprint density at radius 3 is 2.53 bits per heavy atom. The third-order valence-electron chi connectivity index (χ3n) is 11.1. The molecule has 0 saturated carbocycles. The van der Waals surface area contributed by atoms with Crippen LogP contribution in [0.15, 0.2) is 76.9 Å². The van der Waals surface area contributed by atoms with Gasteiger partial charge >= 0.3 is 0 Å². The number of phenolic OH excluding ortho intramolecular Hbond substituents is 1. The molecule has 2 saturated heterocycles. The molecule has 2 aliphatic heterocycles. The van der Waals surface area contributed by atoms with Crippen LogP contribution >= 0.6 is 11.3 Å². The van der Waals surface area contributed by atoms with Gasteiger partial charge in [-0.15, -0.1) is 21.5 Å². The van der Waals surface area contributed by atoms with Crippen molar-refractivity contribution < 1.29 is 39.0 Å². The summed E-state index contributed by atoms with van der Waals surface area (Å²) in [6.45, 7) is 10.3. The third kappa shape index (κ3) is 9.02. The Hall–Kier alpha value is -6.17. The van der Waals surface area contributed by atoms with Crippen molar-refractivity contribution in [2.24, 2.45) is 5.92 Å². The minimum atomic E-state index is -0.828. The van der Waals surface area contributed by atoms with Gasteiger partial charge in [0, 0.05) is 61.7 Å². The number of hydrogen-bond acceptors (Lipinski definition) is 13. The van der Waals surface area contributed by atoms with Gasteiger partial charge in [-0.3, -0.25) is 19.3 Å². The van der Waals surface area contributed by atoms with Gasteiger partial charge < -0.3 is 39.8 Å². The van der Waals surface area contributed by atoms with E-state index in [9.17, 15) is 19.8 Å². The highest BCUT2D eigenvalue weighted by Gasteiger charge is 2.43. The van der Waals surface area contributed by atoms with Crippen molar-refractivity contribution >= 4 is 40.7 Å². The molecule has 2 amide bonds. The lowest BCUT2D eigenvalue weighted by molar-refractivity contribution is -0.141. The van der Waals surface area contributed by atoms with E-state index in [4.69, 9.17) is 19.2 Å². The number of aromatic hydroxyl groups is 1. The molecule has 0 unspecified atom stereocenters. The molecule has 4 aromatic heterocycles. The zero-order chi connectivity index (χ0) is 42.5. The maximum atomic E-state index is 14.1. The van der Waals surface area contributed by atoms with Gasteiger partial charge in [-0.1, -0.05) is 50.2 Å². The first-order valence-electron chi connectivity index (χ1n) is 19.8. The Morgan fingerprint density at radius 1 is 1.08 bits per heavy atom. The summed E-state index contributed by atoms with van der Waals surface area (Å²) < 4.78 is 11.6. The van der Waals surface area contributed by atoms with Gasteiger partial charge in [0.25, 0.3) is 12.4 Å². The normalized spacial score (nSPS) is 17.8. The number of amides is 2. The largest absolute Gasteiger partial charge is 0.507 e. The number of aromatic amines is 1. The van der Waals surface area contributed by atoms with Crippen LogP contribution in [-0.2, 0) is 14.4 Å². The van der Waals surface area contributed by atoms with Crippen molar-refractivity contribution in [3.8, 4) is 33.3 Å². The van der Waals surface area contributed by atoms with Crippen molar-refractivity contribution in [2.45, 2.75) is 64.1 Å². The van der Waals surface area contributed by atoms with Crippen LogP contribution in [0, 0.1) is 12.8 Å². The van der Waals surface area contributed by atoms with E-state index in [2.05, 4.69) is 35.5 Å². The standard InChI is InChI=1S/C42H46N8O6S.CH2O2/c1-23(2)38(42(54)50-21-29(51)15-34(50)41(53)45-24(3)26-9-11-27(12-10-26)39-25(4)44-22-57-39)36-17-37(48-56-36)55-14-13-49-19-28(20-49)32-18-43-40-31(32)16-33(46-47-40)30-7-5-6-8-35(30)52;2-1-3/h5-12,16-18,22-24,28-29,34,38,51-52H,13-15,19-21H2,1-4H3,(H,43,47)(H,45,53);1H,(H,2,3)/t24-,29+,34-,38+;/m0./s1. The summed E-state index contributed by atoms with van der Waals surface area (Å²) in [5.41, 5.74) is 7.93. The topological polar surface area (TPSA) is 220 Å². The first-order valence-corrected chi connectivity index (χ1v) is 20.7. The predicted molar refractivity (Wildman–Crippen MR) is 223 cm³/mol. The lowest BCUT2D eigenvalue weighted by Crippen LogP contribution is -2.48. The number of para-hydroxylation sites is 1. The molecule has 2 aromatic carbocycles. The number of β-amino-alcohol motifs (C(OH)–C–C–N with tert-alkyl or cyclic N) is 1. The molecule has 6 aromatic rings. The molecule has 60 heavy (non-hydrogen) atoms. The van der Waals surface area contributed by atoms with Gasteiger partial charge in [0.05, 0.1) is 33.9 Å². The number of nitrogens with zero attached hydrogens (tertiary/aromatic N) is 6. The fourth-order valence-electron chi connectivity index (χ4n) is 7.93. The average molecular weight is 837 g/mol. The summed E-state index contributed by atoms with van der Waals surface area (Å²) in [4.78, 5) is 48.6. The van der Waals surface area contributed by atoms with Crippen LogP contribution in [0.3, 0.4) is 0 Å². The number of carbonyl (C=O) groups excluding carboxylic acids is 2. The molecule has 6 heterocycles. The molecule has 16 nitrogen and oxygen atoms in total. The number of H-pyrrole nitrogens is 1. The number of fused-ring (bicyclic) bond motifs is 1. The highest BCUT2D eigenvalue weighted by atomic mass is 32.1. The summed E-state index contributed by atoms with van der Waals surface area (Å²) in [6, 6.07) is 17.6. The van der Waals surface area contributed by atoms with Gasteiger partial charge in [0.2, 0.25) is 11.8 Å². The van der Waals surface area contributed by atoms with Crippen LogP contribution in [0.25, 0.3) is 32.7 Å². The number of aromatic nitrogens is 5. The smallest absolute Gasteiger partial charge is 0.290 e. The number of benzene rings is 2. The lowest BCUT2D eigenvalue weighted by Gasteiger charge is -2.39.